The maximum Gasteiger partial charge on any atom is 0.225 e. The zero-order chi connectivity index (χ0) is 23.1. The van der Waals surface area contributed by atoms with Crippen molar-refractivity contribution in [2.45, 2.75) is 90.6 Å². The third-order valence-electron chi connectivity index (χ3n) is 7.51. The van der Waals surface area contributed by atoms with Crippen LogP contribution in [-0.4, -0.2) is 77.4 Å². The molecule has 2 aliphatic rings. The van der Waals surface area contributed by atoms with E-state index in [4.69, 9.17) is 9.97 Å². The van der Waals surface area contributed by atoms with Crippen LogP contribution in [0, 0.1) is 5.92 Å². The Labute approximate surface area is 195 Å². The smallest absolute Gasteiger partial charge is 0.225 e. The molecule has 3 rings (SSSR count). The van der Waals surface area contributed by atoms with E-state index in [9.17, 15) is 4.79 Å². The van der Waals surface area contributed by atoms with E-state index in [0.717, 1.165) is 70.8 Å². The lowest BCUT2D eigenvalue weighted by Crippen LogP contribution is -2.58. The van der Waals surface area contributed by atoms with Gasteiger partial charge in [0.25, 0.3) is 0 Å². The first-order valence-electron chi connectivity index (χ1n) is 13.0. The maximum absolute atomic E-state index is 11.8. The molecule has 0 bridgehead atoms. The van der Waals surface area contributed by atoms with Gasteiger partial charge in [-0.25, -0.2) is 9.97 Å². The van der Waals surface area contributed by atoms with Crippen LogP contribution in [0.3, 0.4) is 0 Å². The number of unbranched alkanes of at least 4 members (excludes halogenated alkanes) is 1. The molecule has 1 aromatic heterocycles. The van der Waals surface area contributed by atoms with Gasteiger partial charge in [0.15, 0.2) is 0 Å². The Hall–Kier alpha value is -1.53. The molecule has 1 aromatic rings. The van der Waals surface area contributed by atoms with Gasteiger partial charge in [-0.3, -0.25) is 4.79 Å². The summed E-state index contributed by atoms with van der Waals surface area (Å²) in [6, 6.07) is 0.979. The second-order valence-electron chi connectivity index (χ2n) is 10.3. The highest BCUT2D eigenvalue weighted by Crippen LogP contribution is 2.29. The van der Waals surface area contributed by atoms with Crippen molar-refractivity contribution in [3.8, 4) is 0 Å². The fraction of sp³-hybridized carbons (Fsp3) is 0.808. The van der Waals surface area contributed by atoms with Gasteiger partial charge >= 0.3 is 0 Å². The Kier molecular flexibility index (Phi) is 9.47. The predicted molar refractivity (Wildman–Crippen MR) is 132 cm³/mol. The highest BCUT2D eigenvalue weighted by Gasteiger charge is 2.33. The number of anilines is 1. The van der Waals surface area contributed by atoms with Crippen molar-refractivity contribution in [1.29, 1.82) is 0 Å². The highest BCUT2D eigenvalue weighted by molar-refractivity contribution is 5.80. The van der Waals surface area contributed by atoms with Crippen LogP contribution in [0.1, 0.15) is 84.1 Å². The number of nitrogens with zero attached hydrogens (tertiary/aromatic N) is 5. The van der Waals surface area contributed by atoms with Crippen LogP contribution >= 0.6 is 0 Å². The minimum atomic E-state index is 0.177. The van der Waals surface area contributed by atoms with E-state index in [-0.39, 0.29) is 5.92 Å². The molecule has 3 heterocycles. The maximum atomic E-state index is 11.8. The van der Waals surface area contributed by atoms with E-state index in [2.05, 4.69) is 48.0 Å². The minimum absolute atomic E-state index is 0.177. The molecule has 180 valence electrons. The molecule has 0 radical (unpaired) electrons. The van der Waals surface area contributed by atoms with Gasteiger partial charge < -0.3 is 14.7 Å². The summed E-state index contributed by atoms with van der Waals surface area (Å²) in [6.07, 6.45) is 11.7. The summed E-state index contributed by atoms with van der Waals surface area (Å²) in [5.41, 5.74) is 1.30. The number of carbonyl (C=O) groups excluding carboxylic acids is 1. The quantitative estimate of drug-likeness (QED) is 0.501. The van der Waals surface area contributed by atoms with Crippen LogP contribution < -0.4 is 4.90 Å². The number of hydrogen-bond acceptors (Lipinski definition) is 6. The summed E-state index contributed by atoms with van der Waals surface area (Å²) in [5, 5.41) is 0. The standard InChI is InChI=1S/C26H45N5O/c1-6-23-18-29(5)19-24(7-2)31(23)26-27-16-22(17-28-26)21-11-14-30(15-12-21)13-9-8-10-25(32)20(3)4/h16-17,20-21,23-24H,6-15,18-19H2,1-5H3. The van der Waals surface area contributed by atoms with E-state index in [0.29, 0.717) is 23.8 Å². The normalized spacial score (nSPS) is 23.8. The first-order chi connectivity index (χ1) is 15.4. The van der Waals surface area contributed by atoms with Gasteiger partial charge in [-0.15, -0.1) is 0 Å². The molecule has 0 aliphatic carbocycles. The van der Waals surface area contributed by atoms with Crippen LogP contribution in [0.4, 0.5) is 5.95 Å². The van der Waals surface area contributed by atoms with Crippen molar-refractivity contribution >= 4 is 11.7 Å². The Bertz CT molecular complexity index is 685. The molecule has 0 spiro atoms. The van der Waals surface area contributed by atoms with Gasteiger partial charge in [-0.2, -0.15) is 0 Å². The first-order valence-corrected chi connectivity index (χ1v) is 13.0. The Morgan fingerprint density at radius 2 is 1.62 bits per heavy atom. The van der Waals surface area contributed by atoms with Crippen LogP contribution in [0.15, 0.2) is 12.4 Å². The van der Waals surface area contributed by atoms with E-state index in [1.165, 1.54) is 18.4 Å². The van der Waals surface area contributed by atoms with Crippen LogP contribution in [0.5, 0.6) is 0 Å². The molecule has 2 aliphatic heterocycles. The van der Waals surface area contributed by atoms with Gasteiger partial charge in [0.05, 0.1) is 0 Å². The zero-order valence-electron chi connectivity index (χ0n) is 21.1. The number of rotatable bonds is 10. The monoisotopic (exact) mass is 443 g/mol. The lowest BCUT2D eigenvalue weighted by molar-refractivity contribution is -0.122. The second-order valence-corrected chi connectivity index (χ2v) is 10.3. The summed E-state index contributed by atoms with van der Waals surface area (Å²) >= 11 is 0. The number of piperazine rings is 1. The SMILES string of the molecule is CCC1CN(C)CC(CC)N1c1ncc(C2CCN(CCCCC(=O)C(C)C)CC2)cn1. The summed E-state index contributed by atoms with van der Waals surface area (Å²) < 4.78 is 0. The first kappa shape index (κ1) is 25.1. The highest BCUT2D eigenvalue weighted by atomic mass is 16.1. The Morgan fingerprint density at radius 1 is 1.03 bits per heavy atom. The Balaban J connectivity index is 1.49. The number of ketones is 1. The molecule has 6 nitrogen and oxygen atoms in total. The molecule has 2 saturated heterocycles. The van der Waals surface area contributed by atoms with Crippen LogP contribution in [0.25, 0.3) is 0 Å². The van der Waals surface area contributed by atoms with E-state index < -0.39 is 0 Å². The predicted octanol–water partition coefficient (Wildman–Crippen LogP) is 4.36. The average Bonchev–Trinajstić information content (AvgIpc) is 2.81. The zero-order valence-corrected chi connectivity index (χ0v) is 21.1. The fourth-order valence-corrected chi connectivity index (χ4v) is 5.33. The molecule has 6 heteroatoms. The molecule has 2 atom stereocenters. The summed E-state index contributed by atoms with van der Waals surface area (Å²) in [4.78, 5) is 29.0. The third kappa shape index (κ3) is 6.50. The van der Waals surface area contributed by atoms with Crippen LogP contribution in [-0.2, 0) is 4.79 Å². The van der Waals surface area contributed by atoms with Crippen LogP contribution in [0.2, 0.25) is 0 Å². The Morgan fingerprint density at radius 3 is 2.16 bits per heavy atom. The molecule has 32 heavy (non-hydrogen) atoms. The number of aromatic nitrogens is 2. The van der Waals surface area contributed by atoms with Crippen molar-refractivity contribution in [3.63, 3.8) is 0 Å². The van der Waals surface area contributed by atoms with Crippen molar-refractivity contribution in [3.05, 3.63) is 18.0 Å². The average molecular weight is 444 g/mol. The lowest BCUT2D eigenvalue weighted by Gasteiger charge is -2.45. The molecule has 0 N–H and O–H groups in total. The molecular weight excluding hydrogens is 398 g/mol. The molecule has 2 unspecified atom stereocenters. The summed E-state index contributed by atoms with van der Waals surface area (Å²) in [6.45, 7) is 14.1. The topological polar surface area (TPSA) is 52.6 Å². The van der Waals surface area contributed by atoms with Crippen molar-refractivity contribution < 1.29 is 4.79 Å². The van der Waals surface area contributed by atoms with Crippen molar-refractivity contribution in [1.82, 2.24) is 19.8 Å². The number of hydrogen-bond donors (Lipinski definition) is 0. The number of likely N-dealkylation sites (tertiary alicyclic amines) is 1. The molecule has 0 aromatic carbocycles. The van der Waals surface area contributed by atoms with Gasteiger partial charge in [0.1, 0.15) is 5.78 Å². The molecule has 0 saturated carbocycles. The number of likely N-dealkylation sites (N-methyl/N-ethyl adjacent to an activating group) is 1. The number of piperidine rings is 1. The second kappa shape index (κ2) is 12.1. The number of carbonyl (C=O) groups is 1. The lowest BCUT2D eigenvalue weighted by atomic mass is 9.91. The molecular formula is C26H45N5O. The van der Waals surface area contributed by atoms with E-state index >= 15 is 0 Å². The van der Waals surface area contributed by atoms with Gasteiger partial charge in [0, 0.05) is 49.9 Å². The molecule has 2 fully saturated rings. The summed E-state index contributed by atoms with van der Waals surface area (Å²) in [5.74, 6) is 2.06. The van der Waals surface area contributed by atoms with Gasteiger partial charge in [-0.1, -0.05) is 27.7 Å². The van der Waals surface area contributed by atoms with E-state index in [1.807, 2.05) is 13.8 Å². The number of Topliss-reactive ketones (excluding diaryl/α,β-unsaturated/α-hetero) is 1. The summed E-state index contributed by atoms with van der Waals surface area (Å²) in [7, 11) is 2.23. The van der Waals surface area contributed by atoms with Gasteiger partial charge in [-0.05, 0) is 76.7 Å². The third-order valence-corrected chi connectivity index (χ3v) is 7.51. The molecule has 0 amide bonds. The van der Waals surface area contributed by atoms with E-state index in [1.54, 1.807) is 0 Å². The van der Waals surface area contributed by atoms with Crippen molar-refractivity contribution in [2.75, 3.05) is 44.7 Å². The minimum Gasteiger partial charge on any atom is -0.332 e. The largest absolute Gasteiger partial charge is 0.332 e. The fourth-order valence-electron chi connectivity index (χ4n) is 5.33. The van der Waals surface area contributed by atoms with Crippen molar-refractivity contribution in [2.24, 2.45) is 5.92 Å². The van der Waals surface area contributed by atoms with Gasteiger partial charge in [0.2, 0.25) is 5.95 Å².